The smallest absolute Gasteiger partial charge is 0.254 e. The highest BCUT2D eigenvalue weighted by molar-refractivity contribution is 7.91. The third kappa shape index (κ3) is 4.50. The lowest BCUT2D eigenvalue weighted by Gasteiger charge is -2.25. The van der Waals surface area contributed by atoms with Crippen LogP contribution in [0.1, 0.15) is 28.9 Å². The SMILES string of the molecule is C[C@H](c1ccc(S(C)(=O)=O)cc1)N(C)C(=O)c1ccc(S(C)(=O)=O)cc1. The minimum atomic E-state index is -3.32. The van der Waals surface area contributed by atoms with Crippen molar-refractivity contribution in [1.29, 1.82) is 0 Å². The molecule has 0 heterocycles. The second-order valence-electron chi connectivity index (χ2n) is 6.23. The normalized spacial score (nSPS) is 13.2. The van der Waals surface area contributed by atoms with Crippen LogP contribution >= 0.6 is 0 Å². The lowest BCUT2D eigenvalue weighted by molar-refractivity contribution is 0.0742. The van der Waals surface area contributed by atoms with Crippen molar-refractivity contribution < 1.29 is 21.6 Å². The average Bonchev–Trinajstić information content (AvgIpc) is 2.58. The number of hydrogen-bond acceptors (Lipinski definition) is 5. The molecular weight excluding hydrogens is 374 g/mol. The van der Waals surface area contributed by atoms with E-state index in [9.17, 15) is 21.6 Å². The van der Waals surface area contributed by atoms with Gasteiger partial charge in [-0.3, -0.25) is 4.79 Å². The van der Waals surface area contributed by atoms with Gasteiger partial charge >= 0.3 is 0 Å². The van der Waals surface area contributed by atoms with E-state index >= 15 is 0 Å². The third-order valence-corrected chi connectivity index (χ3v) is 6.48. The molecule has 0 saturated carbocycles. The van der Waals surface area contributed by atoms with Crippen LogP contribution in [0.3, 0.4) is 0 Å². The second kappa shape index (κ2) is 7.20. The standard InChI is InChI=1S/C18H21NO5S2/c1-13(14-5-9-16(10-6-14)25(3,21)22)19(2)18(20)15-7-11-17(12-8-15)26(4,23)24/h5-13H,1-4H3/t13-/m1/s1. The molecule has 2 aromatic rings. The number of hydrogen-bond donors (Lipinski definition) is 0. The Morgan fingerprint density at radius 2 is 1.19 bits per heavy atom. The summed E-state index contributed by atoms with van der Waals surface area (Å²) in [5.74, 6) is -0.259. The Bertz CT molecular complexity index is 1010. The van der Waals surface area contributed by atoms with Crippen LogP contribution in [0.4, 0.5) is 0 Å². The molecule has 26 heavy (non-hydrogen) atoms. The molecule has 2 aromatic carbocycles. The number of nitrogens with zero attached hydrogens (tertiary/aromatic N) is 1. The number of rotatable bonds is 5. The number of benzene rings is 2. The van der Waals surface area contributed by atoms with Crippen molar-refractivity contribution in [3.63, 3.8) is 0 Å². The van der Waals surface area contributed by atoms with Gasteiger partial charge in [-0.2, -0.15) is 0 Å². The first-order valence-electron chi connectivity index (χ1n) is 7.78. The van der Waals surface area contributed by atoms with Gasteiger partial charge in [0.1, 0.15) is 0 Å². The van der Waals surface area contributed by atoms with E-state index in [2.05, 4.69) is 0 Å². The van der Waals surface area contributed by atoms with Crippen LogP contribution in [0.15, 0.2) is 58.3 Å². The molecule has 140 valence electrons. The van der Waals surface area contributed by atoms with E-state index in [0.29, 0.717) is 5.56 Å². The Morgan fingerprint density at radius 1 is 0.808 bits per heavy atom. The van der Waals surface area contributed by atoms with Crippen LogP contribution in [0.25, 0.3) is 0 Å². The first kappa shape index (κ1) is 20.1. The predicted octanol–water partition coefficient (Wildman–Crippen LogP) is 2.33. The summed E-state index contributed by atoms with van der Waals surface area (Å²) in [5.41, 5.74) is 1.17. The Morgan fingerprint density at radius 3 is 1.58 bits per heavy atom. The molecule has 0 aliphatic carbocycles. The van der Waals surface area contributed by atoms with Crippen molar-refractivity contribution in [2.24, 2.45) is 0 Å². The second-order valence-corrected chi connectivity index (χ2v) is 10.3. The zero-order valence-electron chi connectivity index (χ0n) is 15.0. The predicted molar refractivity (Wildman–Crippen MR) is 99.6 cm³/mol. The molecule has 0 radical (unpaired) electrons. The fraction of sp³-hybridized carbons (Fsp3) is 0.278. The average molecular weight is 396 g/mol. The molecule has 0 N–H and O–H groups in total. The zero-order valence-corrected chi connectivity index (χ0v) is 16.6. The van der Waals surface area contributed by atoms with Crippen LogP contribution in [0.5, 0.6) is 0 Å². The Hall–Kier alpha value is -2.19. The molecule has 2 rings (SSSR count). The minimum absolute atomic E-state index is 0.154. The Labute approximate surface area is 154 Å². The van der Waals surface area contributed by atoms with Gasteiger partial charge in [-0.1, -0.05) is 12.1 Å². The minimum Gasteiger partial charge on any atom is -0.335 e. The summed E-state index contributed by atoms with van der Waals surface area (Å²) in [6.07, 6.45) is 2.25. The van der Waals surface area contributed by atoms with Gasteiger partial charge in [0.15, 0.2) is 19.7 Å². The fourth-order valence-corrected chi connectivity index (χ4v) is 3.70. The van der Waals surface area contributed by atoms with Crippen molar-refractivity contribution >= 4 is 25.6 Å². The molecule has 0 aromatic heterocycles. The van der Waals surface area contributed by atoms with E-state index in [0.717, 1.165) is 18.1 Å². The van der Waals surface area contributed by atoms with E-state index in [-0.39, 0.29) is 21.7 Å². The van der Waals surface area contributed by atoms with E-state index in [4.69, 9.17) is 0 Å². The summed E-state index contributed by atoms with van der Waals surface area (Å²) >= 11 is 0. The molecule has 8 heteroatoms. The van der Waals surface area contributed by atoms with Crippen LogP contribution in [0, 0.1) is 0 Å². The lowest BCUT2D eigenvalue weighted by Crippen LogP contribution is -2.29. The molecule has 0 aliphatic rings. The van der Waals surface area contributed by atoms with Gasteiger partial charge in [0.2, 0.25) is 0 Å². The monoisotopic (exact) mass is 395 g/mol. The van der Waals surface area contributed by atoms with E-state index in [1.54, 1.807) is 19.2 Å². The molecular formula is C18H21NO5S2. The molecule has 1 amide bonds. The van der Waals surface area contributed by atoms with Crippen LogP contribution in [-0.2, 0) is 19.7 Å². The molecule has 0 spiro atoms. The van der Waals surface area contributed by atoms with Crippen LogP contribution in [-0.4, -0.2) is 47.2 Å². The summed E-state index contributed by atoms with van der Waals surface area (Å²) in [6.45, 7) is 1.83. The summed E-state index contributed by atoms with van der Waals surface area (Å²) in [4.78, 5) is 14.5. The number of sulfone groups is 2. The number of carbonyl (C=O) groups excluding carboxylic acids is 1. The number of amides is 1. The first-order valence-corrected chi connectivity index (χ1v) is 11.6. The molecule has 0 fully saturated rings. The molecule has 0 saturated heterocycles. The van der Waals surface area contributed by atoms with E-state index < -0.39 is 19.7 Å². The van der Waals surface area contributed by atoms with Gasteiger partial charge in [0.25, 0.3) is 5.91 Å². The summed E-state index contributed by atoms with van der Waals surface area (Å²) < 4.78 is 46.1. The summed E-state index contributed by atoms with van der Waals surface area (Å²) in [6, 6.07) is 11.9. The van der Waals surface area contributed by atoms with Crippen LogP contribution < -0.4 is 0 Å². The summed E-state index contributed by atoms with van der Waals surface area (Å²) in [5, 5.41) is 0. The molecule has 0 unspecified atom stereocenters. The number of carbonyl (C=O) groups is 1. The van der Waals surface area contributed by atoms with Gasteiger partial charge in [-0.25, -0.2) is 16.8 Å². The van der Waals surface area contributed by atoms with Crippen molar-refractivity contribution in [3.05, 3.63) is 59.7 Å². The summed E-state index contributed by atoms with van der Waals surface area (Å²) in [7, 11) is -4.94. The van der Waals surface area contributed by atoms with Gasteiger partial charge in [-0.05, 0) is 48.9 Å². The van der Waals surface area contributed by atoms with Crippen molar-refractivity contribution in [2.75, 3.05) is 19.6 Å². The van der Waals surface area contributed by atoms with Gasteiger partial charge < -0.3 is 4.90 Å². The van der Waals surface area contributed by atoms with Crippen LogP contribution in [0.2, 0.25) is 0 Å². The highest BCUT2D eigenvalue weighted by Crippen LogP contribution is 2.23. The highest BCUT2D eigenvalue weighted by Gasteiger charge is 2.20. The maximum absolute atomic E-state index is 12.6. The maximum Gasteiger partial charge on any atom is 0.254 e. The molecule has 0 bridgehead atoms. The highest BCUT2D eigenvalue weighted by atomic mass is 32.2. The topological polar surface area (TPSA) is 88.6 Å². The Balaban J connectivity index is 2.21. The first-order chi connectivity index (χ1) is 11.9. The largest absolute Gasteiger partial charge is 0.335 e. The maximum atomic E-state index is 12.6. The molecule has 1 atom stereocenters. The lowest BCUT2D eigenvalue weighted by atomic mass is 10.1. The molecule has 6 nitrogen and oxygen atoms in total. The third-order valence-electron chi connectivity index (χ3n) is 4.22. The van der Waals surface area contributed by atoms with Crippen molar-refractivity contribution in [1.82, 2.24) is 4.90 Å². The van der Waals surface area contributed by atoms with Gasteiger partial charge in [0, 0.05) is 25.1 Å². The molecule has 0 aliphatic heterocycles. The zero-order chi connectivity index (χ0) is 19.7. The van der Waals surface area contributed by atoms with Gasteiger partial charge in [0.05, 0.1) is 15.8 Å². The van der Waals surface area contributed by atoms with Crippen molar-refractivity contribution in [3.8, 4) is 0 Å². The van der Waals surface area contributed by atoms with Gasteiger partial charge in [-0.15, -0.1) is 0 Å². The van der Waals surface area contributed by atoms with Crippen molar-refractivity contribution in [2.45, 2.75) is 22.8 Å². The quantitative estimate of drug-likeness (QED) is 0.775. The fourth-order valence-electron chi connectivity index (χ4n) is 2.44. The van der Waals surface area contributed by atoms with E-state index in [1.807, 2.05) is 6.92 Å². The van der Waals surface area contributed by atoms with E-state index in [1.165, 1.54) is 41.3 Å². The Kier molecular flexibility index (Phi) is 5.58.